The number of fused-ring (bicyclic) bond motifs is 1. The molecule has 1 saturated heterocycles. The van der Waals surface area contributed by atoms with Crippen LogP contribution in [0.5, 0.6) is 0 Å². The van der Waals surface area contributed by atoms with Crippen LogP contribution in [0, 0.1) is 0 Å². The molecule has 4 aromatic rings. The van der Waals surface area contributed by atoms with Gasteiger partial charge in [0, 0.05) is 62.3 Å². The molecule has 2 aromatic heterocycles. The van der Waals surface area contributed by atoms with Crippen molar-refractivity contribution in [2.24, 2.45) is 0 Å². The van der Waals surface area contributed by atoms with E-state index in [1.165, 1.54) is 6.92 Å². The molecule has 0 aliphatic carbocycles. The van der Waals surface area contributed by atoms with E-state index in [4.69, 9.17) is 9.97 Å². The molecule has 9 nitrogen and oxygen atoms in total. The van der Waals surface area contributed by atoms with Crippen LogP contribution in [0.1, 0.15) is 12.7 Å². The van der Waals surface area contributed by atoms with Crippen LogP contribution < -0.4 is 15.5 Å². The minimum Gasteiger partial charge on any atom is -0.340 e. The highest BCUT2D eigenvalue weighted by atomic mass is 16.1. The molecular formula is C25H26N8O. The summed E-state index contributed by atoms with van der Waals surface area (Å²) in [4.78, 5) is 34.2. The summed E-state index contributed by atoms with van der Waals surface area (Å²) in [6.07, 6.45) is 3.55. The first kappa shape index (κ1) is 21.7. The summed E-state index contributed by atoms with van der Waals surface area (Å²) < 4.78 is 0. The minimum absolute atomic E-state index is 0.0933. The number of amides is 1. The Balaban J connectivity index is 1.31. The van der Waals surface area contributed by atoms with Gasteiger partial charge in [-0.15, -0.1) is 0 Å². The quantitative estimate of drug-likeness (QED) is 0.457. The van der Waals surface area contributed by atoms with Crippen molar-refractivity contribution in [1.29, 1.82) is 0 Å². The van der Waals surface area contributed by atoms with Crippen LogP contribution in [0.25, 0.3) is 10.9 Å². The van der Waals surface area contributed by atoms with E-state index in [0.29, 0.717) is 6.54 Å². The van der Waals surface area contributed by atoms with Crippen LogP contribution in [0.3, 0.4) is 0 Å². The van der Waals surface area contributed by atoms with Crippen LogP contribution in [-0.4, -0.2) is 56.9 Å². The van der Waals surface area contributed by atoms with E-state index in [9.17, 15) is 4.79 Å². The van der Waals surface area contributed by atoms with Gasteiger partial charge < -0.3 is 15.5 Å². The number of piperazine rings is 1. The van der Waals surface area contributed by atoms with E-state index >= 15 is 0 Å². The fourth-order valence-electron chi connectivity index (χ4n) is 4.03. The highest BCUT2D eigenvalue weighted by molar-refractivity contribution is 5.91. The average molecular weight is 455 g/mol. The van der Waals surface area contributed by atoms with Gasteiger partial charge in [-0.05, 0) is 42.5 Å². The first-order chi connectivity index (χ1) is 16.6. The Bertz CT molecular complexity index is 1270. The molecule has 9 heteroatoms. The highest BCUT2D eigenvalue weighted by Crippen LogP contribution is 2.25. The molecule has 2 aromatic carbocycles. The number of carbonyl (C=O) groups is 1. The Morgan fingerprint density at radius 2 is 1.59 bits per heavy atom. The standard InChI is InChI=1S/C25H26N8O/c1-18(34)28-19-7-9-20(10-8-19)29-24-21-5-2-3-6-22(21)30-23(31-24)17-32-13-15-33(16-14-32)25-26-11-4-12-27-25/h2-12H,13-17H2,1H3,(H,28,34)(H,29,30,31). The largest absolute Gasteiger partial charge is 0.340 e. The molecule has 0 radical (unpaired) electrons. The number of para-hydroxylation sites is 1. The van der Waals surface area contributed by atoms with Gasteiger partial charge in [0.25, 0.3) is 0 Å². The van der Waals surface area contributed by atoms with Crippen LogP contribution in [-0.2, 0) is 11.3 Å². The first-order valence-electron chi connectivity index (χ1n) is 11.3. The summed E-state index contributed by atoms with van der Waals surface area (Å²) in [5.41, 5.74) is 2.55. The summed E-state index contributed by atoms with van der Waals surface area (Å²) in [5.74, 6) is 2.23. The maximum atomic E-state index is 11.3. The topological polar surface area (TPSA) is 99.2 Å². The number of rotatable bonds is 6. The molecule has 172 valence electrons. The highest BCUT2D eigenvalue weighted by Gasteiger charge is 2.20. The van der Waals surface area contributed by atoms with Gasteiger partial charge in [0.05, 0.1) is 12.1 Å². The molecule has 0 unspecified atom stereocenters. The second-order valence-corrected chi connectivity index (χ2v) is 8.20. The van der Waals surface area contributed by atoms with Crippen molar-refractivity contribution >= 4 is 40.0 Å². The monoisotopic (exact) mass is 454 g/mol. The molecule has 1 aliphatic heterocycles. The predicted molar refractivity (Wildman–Crippen MR) is 133 cm³/mol. The van der Waals surface area contributed by atoms with Gasteiger partial charge in [-0.1, -0.05) is 12.1 Å². The molecule has 0 saturated carbocycles. The summed E-state index contributed by atoms with van der Waals surface area (Å²) in [5, 5.41) is 7.17. The molecule has 0 bridgehead atoms. The lowest BCUT2D eigenvalue weighted by molar-refractivity contribution is -0.114. The van der Waals surface area contributed by atoms with Crippen molar-refractivity contribution in [2.75, 3.05) is 41.7 Å². The summed E-state index contributed by atoms with van der Waals surface area (Å²) >= 11 is 0. The van der Waals surface area contributed by atoms with Crippen molar-refractivity contribution in [3.63, 3.8) is 0 Å². The van der Waals surface area contributed by atoms with Crippen molar-refractivity contribution in [3.05, 3.63) is 72.8 Å². The summed E-state index contributed by atoms with van der Waals surface area (Å²) in [7, 11) is 0. The number of hydrogen-bond acceptors (Lipinski definition) is 8. The molecule has 1 amide bonds. The normalized spacial score (nSPS) is 14.2. The second kappa shape index (κ2) is 9.80. The van der Waals surface area contributed by atoms with E-state index in [2.05, 4.69) is 30.4 Å². The van der Waals surface area contributed by atoms with Gasteiger partial charge in [-0.2, -0.15) is 0 Å². The predicted octanol–water partition coefficient (Wildman–Crippen LogP) is 3.44. The first-order valence-corrected chi connectivity index (χ1v) is 11.3. The summed E-state index contributed by atoms with van der Waals surface area (Å²) in [6, 6.07) is 17.4. The number of anilines is 4. The second-order valence-electron chi connectivity index (χ2n) is 8.20. The van der Waals surface area contributed by atoms with E-state index in [0.717, 1.165) is 66.0 Å². The smallest absolute Gasteiger partial charge is 0.225 e. The van der Waals surface area contributed by atoms with E-state index < -0.39 is 0 Å². The lowest BCUT2D eigenvalue weighted by Gasteiger charge is -2.34. The van der Waals surface area contributed by atoms with Crippen LogP contribution >= 0.6 is 0 Å². The number of hydrogen-bond donors (Lipinski definition) is 2. The maximum Gasteiger partial charge on any atom is 0.225 e. The number of nitrogens with one attached hydrogen (secondary N) is 2. The number of benzene rings is 2. The van der Waals surface area contributed by atoms with Crippen LogP contribution in [0.15, 0.2) is 67.0 Å². The molecular weight excluding hydrogens is 428 g/mol. The third kappa shape index (κ3) is 5.10. The Morgan fingerprint density at radius 3 is 2.32 bits per heavy atom. The third-order valence-electron chi connectivity index (χ3n) is 5.69. The zero-order valence-electron chi connectivity index (χ0n) is 19.0. The van der Waals surface area contributed by atoms with Gasteiger partial charge in [-0.3, -0.25) is 9.69 Å². The molecule has 1 aliphatic rings. The molecule has 1 fully saturated rings. The Labute approximate surface area is 197 Å². The zero-order valence-corrected chi connectivity index (χ0v) is 19.0. The summed E-state index contributed by atoms with van der Waals surface area (Å²) in [6.45, 7) is 5.68. The van der Waals surface area contributed by atoms with Crippen LogP contribution in [0.2, 0.25) is 0 Å². The molecule has 2 N–H and O–H groups in total. The van der Waals surface area contributed by atoms with Crippen molar-refractivity contribution in [1.82, 2.24) is 24.8 Å². The fourth-order valence-corrected chi connectivity index (χ4v) is 4.03. The Hall–Kier alpha value is -4.11. The SMILES string of the molecule is CC(=O)Nc1ccc(Nc2nc(CN3CCN(c4ncccn4)CC3)nc3ccccc23)cc1. The zero-order chi connectivity index (χ0) is 23.3. The minimum atomic E-state index is -0.0933. The molecule has 0 spiro atoms. The Morgan fingerprint density at radius 1 is 0.882 bits per heavy atom. The number of nitrogens with zero attached hydrogens (tertiary/aromatic N) is 6. The number of carbonyl (C=O) groups excluding carboxylic acids is 1. The van der Waals surface area contributed by atoms with Crippen molar-refractivity contribution in [3.8, 4) is 0 Å². The van der Waals surface area contributed by atoms with Crippen molar-refractivity contribution < 1.29 is 4.79 Å². The van der Waals surface area contributed by atoms with Crippen LogP contribution in [0.4, 0.5) is 23.1 Å². The lowest BCUT2D eigenvalue weighted by atomic mass is 10.2. The maximum absolute atomic E-state index is 11.3. The molecule has 3 heterocycles. The van der Waals surface area contributed by atoms with Gasteiger partial charge >= 0.3 is 0 Å². The van der Waals surface area contributed by atoms with Gasteiger partial charge in [0.15, 0.2) is 0 Å². The molecule has 34 heavy (non-hydrogen) atoms. The Kier molecular flexibility index (Phi) is 6.26. The molecule has 5 rings (SSSR count). The molecule has 0 atom stereocenters. The van der Waals surface area contributed by atoms with E-state index in [-0.39, 0.29) is 5.91 Å². The van der Waals surface area contributed by atoms with Gasteiger partial charge in [-0.25, -0.2) is 19.9 Å². The average Bonchev–Trinajstić information content (AvgIpc) is 2.86. The van der Waals surface area contributed by atoms with E-state index in [1.807, 2.05) is 54.6 Å². The fraction of sp³-hybridized carbons (Fsp3) is 0.240. The van der Waals surface area contributed by atoms with E-state index in [1.54, 1.807) is 12.4 Å². The lowest BCUT2D eigenvalue weighted by Crippen LogP contribution is -2.46. The van der Waals surface area contributed by atoms with Gasteiger partial charge in [0.2, 0.25) is 11.9 Å². The van der Waals surface area contributed by atoms with Gasteiger partial charge in [0.1, 0.15) is 11.6 Å². The number of aromatic nitrogens is 4. The van der Waals surface area contributed by atoms with Crippen molar-refractivity contribution in [2.45, 2.75) is 13.5 Å². The third-order valence-corrected chi connectivity index (χ3v) is 5.69.